The van der Waals surface area contributed by atoms with Crippen molar-refractivity contribution in [3.05, 3.63) is 53.9 Å². The third-order valence-electron chi connectivity index (χ3n) is 2.90. The van der Waals surface area contributed by atoms with E-state index in [9.17, 15) is 4.79 Å². The highest BCUT2D eigenvalue weighted by atomic mass is 16.1. The van der Waals surface area contributed by atoms with E-state index in [4.69, 9.17) is 0 Å². The molecule has 0 unspecified atom stereocenters. The minimum atomic E-state index is -0.124. The number of nitrogens with zero attached hydrogens (tertiary/aromatic N) is 2. The second kappa shape index (κ2) is 5.52. The van der Waals surface area contributed by atoms with Gasteiger partial charge in [-0.15, -0.1) is 0 Å². The van der Waals surface area contributed by atoms with Crippen LogP contribution >= 0.6 is 0 Å². The van der Waals surface area contributed by atoms with Crippen LogP contribution in [0.15, 0.2) is 42.6 Å². The molecule has 0 aliphatic carbocycles. The molecule has 0 spiro atoms. The summed E-state index contributed by atoms with van der Waals surface area (Å²) in [6.45, 7) is 1.87. The van der Waals surface area contributed by atoms with Gasteiger partial charge in [0.25, 0.3) is 5.91 Å². The zero-order valence-electron chi connectivity index (χ0n) is 11.3. The van der Waals surface area contributed by atoms with Crippen molar-refractivity contribution < 1.29 is 4.79 Å². The van der Waals surface area contributed by atoms with Crippen LogP contribution in [-0.2, 0) is 0 Å². The molecule has 98 valence electrons. The van der Waals surface area contributed by atoms with E-state index in [0.717, 1.165) is 17.1 Å². The van der Waals surface area contributed by atoms with E-state index in [2.05, 4.69) is 10.3 Å². The molecule has 4 nitrogen and oxygen atoms in total. The fourth-order valence-corrected chi connectivity index (χ4v) is 1.72. The maximum Gasteiger partial charge on any atom is 0.255 e. The van der Waals surface area contributed by atoms with E-state index >= 15 is 0 Å². The van der Waals surface area contributed by atoms with Gasteiger partial charge in [0.1, 0.15) is 0 Å². The number of aryl methyl sites for hydroxylation is 1. The summed E-state index contributed by atoms with van der Waals surface area (Å²) in [5, 5.41) is 2.86. The predicted octanol–water partition coefficient (Wildman–Crippen LogP) is 2.71. The molecule has 0 fully saturated rings. The van der Waals surface area contributed by atoms with Crippen LogP contribution in [0.25, 0.3) is 0 Å². The van der Waals surface area contributed by atoms with Crippen molar-refractivity contribution in [1.29, 1.82) is 0 Å². The highest BCUT2D eigenvalue weighted by molar-refractivity contribution is 6.04. The Kier molecular flexibility index (Phi) is 3.80. The van der Waals surface area contributed by atoms with Crippen LogP contribution in [0.4, 0.5) is 11.4 Å². The van der Waals surface area contributed by atoms with Gasteiger partial charge in [-0.05, 0) is 43.3 Å². The highest BCUT2D eigenvalue weighted by Gasteiger charge is 2.08. The molecule has 2 rings (SSSR count). The summed E-state index contributed by atoms with van der Waals surface area (Å²) >= 11 is 0. The lowest BCUT2D eigenvalue weighted by atomic mass is 10.2. The summed E-state index contributed by atoms with van der Waals surface area (Å²) in [6, 6.07) is 11.1. The molecule has 19 heavy (non-hydrogen) atoms. The van der Waals surface area contributed by atoms with E-state index in [1.807, 2.05) is 56.3 Å². The molecule has 1 amide bonds. The van der Waals surface area contributed by atoms with Crippen molar-refractivity contribution >= 4 is 17.3 Å². The van der Waals surface area contributed by atoms with E-state index in [-0.39, 0.29) is 5.91 Å². The van der Waals surface area contributed by atoms with Gasteiger partial charge in [0.05, 0.1) is 11.4 Å². The van der Waals surface area contributed by atoms with Crippen molar-refractivity contribution in [3.63, 3.8) is 0 Å². The van der Waals surface area contributed by atoms with Crippen molar-refractivity contribution in [2.45, 2.75) is 6.92 Å². The molecule has 0 bridgehead atoms. The van der Waals surface area contributed by atoms with E-state index < -0.39 is 0 Å². The Morgan fingerprint density at radius 1 is 1.16 bits per heavy atom. The van der Waals surface area contributed by atoms with Crippen LogP contribution in [0.1, 0.15) is 16.1 Å². The molecule has 1 N–H and O–H groups in total. The smallest absolute Gasteiger partial charge is 0.255 e. The molecule has 0 aliphatic rings. The van der Waals surface area contributed by atoms with E-state index in [1.165, 1.54) is 0 Å². The number of anilines is 2. The lowest BCUT2D eigenvalue weighted by Crippen LogP contribution is -2.14. The molecule has 1 aromatic heterocycles. The number of hydrogen-bond acceptors (Lipinski definition) is 3. The fraction of sp³-hybridized carbons (Fsp3) is 0.200. The molecule has 0 atom stereocenters. The molecule has 1 aromatic carbocycles. The second-order valence-electron chi connectivity index (χ2n) is 4.53. The Morgan fingerprint density at radius 2 is 1.84 bits per heavy atom. The average molecular weight is 255 g/mol. The van der Waals surface area contributed by atoms with Gasteiger partial charge in [-0.2, -0.15) is 0 Å². The van der Waals surface area contributed by atoms with Gasteiger partial charge in [-0.1, -0.05) is 0 Å². The topological polar surface area (TPSA) is 45.2 Å². The summed E-state index contributed by atoms with van der Waals surface area (Å²) in [7, 11) is 3.93. The van der Waals surface area contributed by atoms with E-state index in [1.54, 1.807) is 12.3 Å². The Morgan fingerprint density at radius 3 is 2.42 bits per heavy atom. The highest BCUT2D eigenvalue weighted by Crippen LogP contribution is 2.15. The number of amides is 1. The lowest BCUT2D eigenvalue weighted by molar-refractivity contribution is 0.102. The summed E-state index contributed by atoms with van der Waals surface area (Å²) in [6.07, 6.45) is 1.71. The third-order valence-corrected chi connectivity index (χ3v) is 2.90. The Hall–Kier alpha value is -2.36. The van der Waals surface area contributed by atoms with E-state index in [0.29, 0.717) is 5.56 Å². The molecular formula is C15H17N3O. The fourth-order valence-electron chi connectivity index (χ4n) is 1.72. The normalized spacial score (nSPS) is 10.1. The maximum absolute atomic E-state index is 12.1. The first-order chi connectivity index (χ1) is 9.08. The first-order valence-electron chi connectivity index (χ1n) is 6.08. The quantitative estimate of drug-likeness (QED) is 0.917. The molecule has 2 aromatic rings. The summed E-state index contributed by atoms with van der Waals surface area (Å²) in [4.78, 5) is 18.2. The summed E-state index contributed by atoms with van der Waals surface area (Å²) < 4.78 is 0. The average Bonchev–Trinajstić information content (AvgIpc) is 2.41. The largest absolute Gasteiger partial charge is 0.378 e. The Labute approximate surface area is 113 Å². The van der Waals surface area contributed by atoms with Crippen molar-refractivity contribution in [2.75, 3.05) is 24.3 Å². The summed E-state index contributed by atoms with van der Waals surface area (Å²) in [5.74, 6) is -0.124. The number of carbonyl (C=O) groups is 1. The van der Waals surface area contributed by atoms with Crippen LogP contribution in [-0.4, -0.2) is 25.0 Å². The number of benzene rings is 1. The molecule has 0 saturated carbocycles. The van der Waals surface area contributed by atoms with Gasteiger partial charge in [0, 0.05) is 31.5 Å². The number of aromatic nitrogens is 1. The monoisotopic (exact) mass is 255 g/mol. The molecule has 4 heteroatoms. The number of hydrogen-bond donors (Lipinski definition) is 1. The Bertz CT molecular complexity index is 576. The van der Waals surface area contributed by atoms with Gasteiger partial charge < -0.3 is 10.2 Å². The molecule has 1 heterocycles. The SMILES string of the molecule is Cc1ncccc1NC(=O)c1ccc(N(C)C)cc1. The van der Waals surface area contributed by atoms with Gasteiger partial charge in [-0.25, -0.2) is 0 Å². The first-order valence-corrected chi connectivity index (χ1v) is 6.08. The second-order valence-corrected chi connectivity index (χ2v) is 4.53. The molecule has 0 saturated heterocycles. The molecular weight excluding hydrogens is 238 g/mol. The minimum Gasteiger partial charge on any atom is -0.378 e. The number of carbonyl (C=O) groups excluding carboxylic acids is 1. The van der Waals surface area contributed by atoms with Crippen molar-refractivity contribution in [3.8, 4) is 0 Å². The van der Waals surface area contributed by atoms with Gasteiger partial charge >= 0.3 is 0 Å². The van der Waals surface area contributed by atoms with Crippen LogP contribution in [0.5, 0.6) is 0 Å². The maximum atomic E-state index is 12.1. The van der Waals surface area contributed by atoms with Crippen LogP contribution in [0, 0.1) is 6.92 Å². The van der Waals surface area contributed by atoms with Gasteiger partial charge in [0.2, 0.25) is 0 Å². The molecule has 0 radical (unpaired) electrons. The first kappa shape index (κ1) is 13.1. The van der Waals surface area contributed by atoms with Crippen LogP contribution < -0.4 is 10.2 Å². The van der Waals surface area contributed by atoms with Crippen LogP contribution in [0.3, 0.4) is 0 Å². The lowest BCUT2D eigenvalue weighted by Gasteiger charge is -2.13. The zero-order valence-corrected chi connectivity index (χ0v) is 11.3. The van der Waals surface area contributed by atoms with Gasteiger partial charge in [0.15, 0.2) is 0 Å². The number of pyridine rings is 1. The standard InChI is InChI=1S/C15H17N3O/c1-11-14(5-4-10-16-11)17-15(19)12-6-8-13(9-7-12)18(2)3/h4-10H,1-3H3,(H,17,19). The zero-order chi connectivity index (χ0) is 13.8. The molecule has 0 aliphatic heterocycles. The predicted molar refractivity (Wildman–Crippen MR) is 77.7 cm³/mol. The number of rotatable bonds is 3. The van der Waals surface area contributed by atoms with Crippen LogP contribution in [0.2, 0.25) is 0 Å². The third kappa shape index (κ3) is 3.10. The van der Waals surface area contributed by atoms with Crippen molar-refractivity contribution in [1.82, 2.24) is 4.98 Å². The number of nitrogens with one attached hydrogen (secondary N) is 1. The minimum absolute atomic E-state index is 0.124. The Balaban J connectivity index is 2.14. The van der Waals surface area contributed by atoms with Gasteiger partial charge in [-0.3, -0.25) is 9.78 Å². The van der Waals surface area contributed by atoms with Crippen molar-refractivity contribution in [2.24, 2.45) is 0 Å². The summed E-state index contributed by atoms with van der Waals surface area (Å²) in [5.41, 5.74) is 3.24.